The first-order valence-corrected chi connectivity index (χ1v) is 8.61. The van der Waals surface area contributed by atoms with Gasteiger partial charge in [0.2, 0.25) is 0 Å². The summed E-state index contributed by atoms with van der Waals surface area (Å²) in [5, 5.41) is 2.66. The van der Waals surface area contributed by atoms with Crippen molar-refractivity contribution in [3.05, 3.63) is 69.7 Å². The highest BCUT2D eigenvalue weighted by molar-refractivity contribution is 7.11. The molecule has 1 aromatic heterocycles. The van der Waals surface area contributed by atoms with Gasteiger partial charge in [-0.15, -0.1) is 11.3 Å². The molecule has 0 bridgehead atoms. The molecule has 2 aromatic carbocycles. The highest BCUT2D eigenvalue weighted by Gasteiger charge is 2.30. The number of rotatable bonds is 4. The zero-order valence-electron chi connectivity index (χ0n) is 14.0. The first-order valence-electron chi connectivity index (χ1n) is 7.73. The van der Waals surface area contributed by atoms with Gasteiger partial charge in [0.05, 0.1) is 17.5 Å². The molecule has 0 N–H and O–H groups in total. The van der Waals surface area contributed by atoms with Crippen LogP contribution in [0.2, 0.25) is 0 Å². The maximum atomic E-state index is 12.8. The molecule has 0 saturated carbocycles. The van der Waals surface area contributed by atoms with Crippen molar-refractivity contribution in [3.8, 4) is 11.5 Å². The summed E-state index contributed by atoms with van der Waals surface area (Å²) in [6, 6.07) is 8.43. The van der Waals surface area contributed by atoms with Crippen molar-refractivity contribution in [2.24, 2.45) is 4.99 Å². The second-order valence-corrected chi connectivity index (χ2v) is 6.59. The lowest BCUT2D eigenvalue weighted by Gasteiger charge is -2.13. The van der Waals surface area contributed by atoms with Gasteiger partial charge in [-0.05, 0) is 55.3 Å². The Balaban J connectivity index is 1.85. The predicted octanol–water partition coefficient (Wildman–Crippen LogP) is 6.32. The van der Waals surface area contributed by atoms with Gasteiger partial charge in [0, 0.05) is 11.6 Å². The van der Waals surface area contributed by atoms with E-state index in [-0.39, 0.29) is 5.75 Å². The fraction of sp³-hybridized carbons (Fsp3) is 0.158. The number of hydrogen-bond acceptors (Lipinski definition) is 4. The number of hydrogen-bond donors (Lipinski definition) is 0. The van der Waals surface area contributed by atoms with Crippen LogP contribution in [0.1, 0.15) is 21.7 Å². The largest absolute Gasteiger partial charge is 0.457 e. The van der Waals surface area contributed by atoms with E-state index in [0.29, 0.717) is 5.75 Å². The highest BCUT2D eigenvalue weighted by Crippen LogP contribution is 2.35. The third kappa shape index (κ3) is 4.29. The lowest BCUT2D eigenvalue weighted by molar-refractivity contribution is -0.137. The summed E-state index contributed by atoms with van der Waals surface area (Å²) in [7, 11) is 0. The lowest BCUT2D eigenvalue weighted by Crippen LogP contribution is -2.04. The Labute approximate surface area is 152 Å². The van der Waals surface area contributed by atoms with Crippen LogP contribution in [0, 0.1) is 13.8 Å². The van der Waals surface area contributed by atoms with Crippen LogP contribution in [0.5, 0.6) is 11.5 Å². The van der Waals surface area contributed by atoms with E-state index in [1.54, 1.807) is 18.5 Å². The fourth-order valence-corrected chi connectivity index (χ4v) is 2.81. The number of nitrogens with zero attached hydrogens (tertiary/aromatic N) is 2. The SMILES string of the molecule is Cc1cc(Oc2cccc(C(F)(F)F)c2)c(C)cc1N=Cc1nccs1. The normalized spacial score (nSPS) is 11.9. The number of aryl methyl sites for hydroxylation is 2. The molecular weight excluding hydrogens is 361 g/mol. The maximum Gasteiger partial charge on any atom is 0.416 e. The molecule has 0 saturated heterocycles. The van der Waals surface area contributed by atoms with Crippen LogP contribution in [-0.2, 0) is 6.18 Å². The molecule has 0 fully saturated rings. The van der Waals surface area contributed by atoms with E-state index in [2.05, 4.69) is 9.98 Å². The van der Waals surface area contributed by atoms with Crippen LogP contribution >= 0.6 is 11.3 Å². The Hall–Kier alpha value is -2.67. The molecule has 3 nitrogen and oxygen atoms in total. The van der Waals surface area contributed by atoms with Crippen LogP contribution in [0.15, 0.2) is 53.0 Å². The van der Waals surface area contributed by atoms with Crippen molar-refractivity contribution >= 4 is 23.2 Å². The van der Waals surface area contributed by atoms with Gasteiger partial charge in [-0.1, -0.05) is 6.07 Å². The molecule has 0 spiro atoms. The molecule has 3 aromatic rings. The zero-order chi connectivity index (χ0) is 18.7. The van der Waals surface area contributed by atoms with Crippen molar-refractivity contribution in [3.63, 3.8) is 0 Å². The van der Waals surface area contributed by atoms with Crippen LogP contribution in [0.25, 0.3) is 0 Å². The van der Waals surface area contributed by atoms with Crippen LogP contribution in [0.4, 0.5) is 18.9 Å². The van der Waals surface area contributed by atoms with Crippen molar-refractivity contribution in [1.29, 1.82) is 0 Å². The van der Waals surface area contributed by atoms with E-state index >= 15 is 0 Å². The van der Waals surface area contributed by atoms with Crippen molar-refractivity contribution in [2.75, 3.05) is 0 Å². The Kier molecular flexibility index (Phi) is 5.08. The van der Waals surface area contributed by atoms with Gasteiger partial charge in [-0.2, -0.15) is 13.2 Å². The molecule has 134 valence electrons. The summed E-state index contributed by atoms with van der Waals surface area (Å²) >= 11 is 1.48. The average Bonchev–Trinajstić information content (AvgIpc) is 3.09. The molecule has 0 aliphatic carbocycles. The van der Waals surface area contributed by atoms with Gasteiger partial charge in [0.15, 0.2) is 0 Å². The van der Waals surface area contributed by atoms with E-state index in [4.69, 9.17) is 4.74 Å². The van der Waals surface area contributed by atoms with Crippen molar-refractivity contribution < 1.29 is 17.9 Å². The number of aromatic nitrogens is 1. The summed E-state index contributed by atoms with van der Waals surface area (Å²) < 4.78 is 44.2. The van der Waals surface area contributed by atoms with Crippen molar-refractivity contribution in [2.45, 2.75) is 20.0 Å². The van der Waals surface area contributed by atoms with Gasteiger partial charge >= 0.3 is 6.18 Å². The smallest absolute Gasteiger partial charge is 0.416 e. The molecule has 1 heterocycles. The van der Waals surface area contributed by atoms with Crippen LogP contribution in [0.3, 0.4) is 0 Å². The molecule has 0 aliphatic heterocycles. The average molecular weight is 376 g/mol. The first kappa shape index (κ1) is 18.1. The third-order valence-electron chi connectivity index (χ3n) is 3.65. The predicted molar refractivity (Wildman–Crippen MR) is 96.8 cm³/mol. The Morgan fingerprint density at radius 2 is 1.92 bits per heavy atom. The fourth-order valence-electron chi connectivity index (χ4n) is 2.31. The minimum atomic E-state index is -4.40. The van der Waals surface area contributed by atoms with Gasteiger partial charge in [-0.3, -0.25) is 4.99 Å². The van der Waals surface area contributed by atoms with E-state index in [1.807, 2.05) is 25.3 Å². The van der Waals surface area contributed by atoms with Gasteiger partial charge < -0.3 is 4.74 Å². The summed E-state index contributed by atoms with van der Waals surface area (Å²) in [6.07, 6.45) is -1.02. The van der Waals surface area contributed by atoms with Gasteiger partial charge in [-0.25, -0.2) is 4.98 Å². The molecule has 0 unspecified atom stereocenters. The molecule has 0 aliphatic rings. The molecule has 7 heteroatoms. The second-order valence-electron chi connectivity index (χ2n) is 5.66. The Morgan fingerprint density at radius 1 is 1.12 bits per heavy atom. The zero-order valence-corrected chi connectivity index (χ0v) is 14.9. The summed E-state index contributed by atoms with van der Waals surface area (Å²) in [5.74, 6) is 0.636. The standard InChI is InChI=1S/C19H15F3N2OS/c1-12-9-17(25-15-5-3-4-14(10-15)19(20,21)22)13(2)8-16(12)24-11-18-23-6-7-26-18/h3-11H,1-2H3. The van der Waals surface area contributed by atoms with E-state index in [9.17, 15) is 13.2 Å². The molecule has 0 radical (unpaired) electrons. The summed E-state index contributed by atoms with van der Waals surface area (Å²) in [6.45, 7) is 3.69. The van der Waals surface area contributed by atoms with E-state index in [0.717, 1.165) is 34.0 Å². The molecule has 0 atom stereocenters. The maximum absolute atomic E-state index is 12.8. The minimum Gasteiger partial charge on any atom is -0.457 e. The van der Waals surface area contributed by atoms with Gasteiger partial charge in [0.25, 0.3) is 0 Å². The summed E-state index contributed by atoms with van der Waals surface area (Å²) in [4.78, 5) is 8.56. The van der Waals surface area contributed by atoms with Crippen molar-refractivity contribution in [1.82, 2.24) is 4.98 Å². The van der Waals surface area contributed by atoms with Gasteiger partial charge in [0.1, 0.15) is 16.5 Å². The lowest BCUT2D eigenvalue weighted by atomic mass is 10.1. The number of aliphatic imine (C=N–C) groups is 1. The Bertz CT molecular complexity index is 934. The quantitative estimate of drug-likeness (QED) is 0.499. The topological polar surface area (TPSA) is 34.5 Å². The summed E-state index contributed by atoms with van der Waals surface area (Å²) in [5.41, 5.74) is 1.65. The van der Waals surface area contributed by atoms with Crippen LogP contribution < -0.4 is 4.74 Å². The number of halogens is 3. The first-order chi connectivity index (χ1) is 12.3. The number of ether oxygens (including phenoxy) is 1. The monoisotopic (exact) mass is 376 g/mol. The molecule has 0 amide bonds. The number of benzene rings is 2. The molecule has 26 heavy (non-hydrogen) atoms. The molecular formula is C19H15F3N2OS. The van der Waals surface area contributed by atoms with E-state index in [1.165, 1.54) is 23.5 Å². The van der Waals surface area contributed by atoms with E-state index < -0.39 is 11.7 Å². The number of alkyl halides is 3. The molecule has 3 rings (SSSR count). The minimum absolute atomic E-state index is 0.140. The third-order valence-corrected chi connectivity index (χ3v) is 4.36. The highest BCUT2D eigenvalue weighted by atomic mass is 32.1. The van der Waals surface area contributed by atoms with Crippen LogP contribution in [-0.4, -0.2) is 11.2 Å². The second kappa shape index (κ2) is 7.29. The Morgan fingerprint density at radius 3 is 2.62 bits per heavy atom. The number of thiazole rings is 1.